The Hall–Kier alpha value is -0.560. The third-order valence-corrected chi connectivity index (χ3v) is 5.75. The zero-order valence-electron chi connectivity index (χ0n) is 10.9. The van der Waals surface area contributed by atoms with Crippen molar-refractivity contribution in [3.8, 4) is 0 Å². The molecule has 1 aromatic carbocycles. The molecule has 1 heterocycles. The highest BCUT2D eigenvalue weighted by atomic mass is 35.7. The summed E-state index contributed by atoms with van der Waals surface area (Å²) in [4.78, 5) is 13.2. The van der Waals surface area contributed by atoms with Crippen molar-refractivity contribution in [2.75, 3.05) is 6.54 Å². The van der Waals surface area contributed by atoms with Gasteiger partial charge in [-0.15, -0.1) is 0 Å². The van der Waals surface area contributed by atoms with E-state index in [1.165, 1.54) is 4.90 Å². The molecule has 0 radical (unpaired) electrons. The molecule has 0 aliphatic carbocycles. The van der Waals surface area contributed by atoms with Gasteiger partial charge in [0.25, 0.3) is 15.0 Å². The number of halogens is 4. The fraction of sp³-hybridized carbons (Fsp3) is 0.417. The van der Waals surface area contributed by atoms with Crippen LogP contribution in [0.1, 0.15) is 30.1 Å². The number of rotatable bonds is 2. The molecule has 4 nitrogen and oxygen atoms in total. The second kappa shape index (κ2) is 5.91. The minimum atomic E-state index is -4.38. The van der Waals surface area contributed by atoms with Crippen LogP contribution in [0.3, 0.4) is 0 Å². The molecular weight excluding hydrogens is 364 g/mol. The van der Waals surface area contributed by atoms with Crippen molar-refractivity contribution in [1.82, 2.24) is 4.90 Å². The molecule has 0 saturated carbocycles. The van der Waals surface area contributed by atoms with Gasteiger partial charge in [-0.05, 0) is 25.8 Å². The summed E-state index contributed by atoms with van der Waals surface area (Å²) in [6.07, 6.45) is 1.64. The Bertz CT molecular complexity index is 708. The van der Waals surface area contributed by atoms with Crippen molar-refractivity contribution in [2.45, 2.75) is 30.7 Å². The summed E-state index contributed by atoms with van der Waals surface area (Å²) < 4.78 is 36.8. The maximum absolute atomic E-state index is 13.8. The summed E-state index contributed by atoms with van der Waals surface area (Å²) in [6, 6.07) is 0.812. The first-order valence-corrected chi connectivity index (χ1v) is 9.14. The number of hydrogen-bond donors (Lipinski definition) is 0. The molecule has 9 heteroatoms. The largest absolute Gasteiger partial charge is 0.336 e. The lowest BCUT2D eigenvalue weighted by Crippen LogP contribution is -2.34. The maximum atomic E-state index is 13.8. The van der Waals surface area contributed by atoms with Gasteiger partial charge in [0.1, 0.15) is 10.7 Å². The number of carbonyl (C=O) groups is 1. The van der Waals surface area contributed by atoms with Crippen LogP contribution in [0.5, 0.6) is 0 Å². The predicted molar refractivity (Wildman–Crippen MR) is 79.2 cm³/mol. The van der Waals surface area contributed by atoms with Gasteiger partial charge >= 0.3 is 0 Å². The number of benzene rings is 1. The van der Waals surface area contributed by atoms with Crippen LogP contribution in [0.25, 0.3) is 0 Å². The van der Waals surface area contributed by atoms with E-state index in [2.05, 4.69) is 0 Å². The monoisotopic (exact) mass is 373 g/mol. The minimum absolute atomic E-state index is 0.0247. The predicted octanol–water partition coefficient (Wildman–Crippen LogP) is 3.68. The molecule has 116 valence electrons. The number of hydrogen-bond acceptors (Lipinski definition) is 3. The van der Waals surface area contributed by atoms with E-state index < -0.39 is 35.7 Å². The molecule has 1 fully saturated rings. The van der Waals surface area contributed by atoms with Gasteiger partial charge in [0.15, 0.2) is 0 Å². The molecule has 1 amide bonds. The van der Waals surface area contributed by atoms with Crippen LogP contribution < -0.4 is 0 Å². The summed E-state index contributed by atoms with van der Waals surface area (Å²) in [5.74, 6) is -1.60. The second-order valence-electron chi connectivity index (χ2n) is 4.79. The molecule has 1 atom stereocenters. The van der Waals surface area contributed by atoms with E-state index in [1.54, 1.807) is 0 Å². The third-order valence-electron chi connectivity index (χ3n) is 3.40. The Morgan fingerprint density at radius 1 is 1.38 bits per heavy atom. The lowest BCUT2D eigenvalue weighted by atomic mass is 10.1. The lowest BCUT2D eigenvalue weighted by Gasteiger charge is -2.22. The second-order valence-corrected chi connectivity index (χ2v) is 8.05. The highest BCUT2D eigenvalue weighted by molar-refractivity contribution is 8.14. The zero-order chi connectivity index (χ0) is 15.9. The van der Waals surface area contributed by atoms with Crippen LogP contribution >= 0.6 is 33.9 Å². The molecule has 1 saturated heterocycles. The van der Waals surface area contributed by atoms with Crippen molar-refractivity contribution < 1.29 is 17.6 Å². The Morgan fingerprint density at radius 2 is 2.00 bits per heavy atom. The van der Waals surface area contributed by atoms with Crippen molar-refractivity contribution >= 4 is 48.8 Å². The molecule has 1 aromatic rings. The van der Waals surface area contributed by atoms with E-state index in [4.69, 9.17) is 33.9 Å². The van der Waals surface area contributed by atoms with Gasteiger partial charge in [-0.1, -0.05) is 23.2 Å². The highest BCUT2D eigenvalue weighted by Crippen LogP contribution is 2.37. The van der Waals surface area contributed by atoms with E-state index >= 15 is 0 Å². The van der Waals surface area contributed by atoms with Crippen LogP contribution in [-0.4, -0.2) is 31.8 Å². The Kier molecular flexibility index (Phi) is 4.73. The summed E-state index contributed by atoms with van der Waals surface area (Å²) in [5, 5.41) is -1.18. The van der Waals surface area contributed by atoms with Crippen LogP contribution in [0, 0.1) is 5.82 Å². The first-order valence-electron chi connectivity index (χ1n) is 6.07. The summed E-state index contributed by atoms with van der Waals surface area (Å²) in [6.45, 7) is 2.35. The topological polar surface area (TPSA) is 54.5 Å². The highest BCUT2D eigenvalue weighted by Gasteiger charge is 2.32. The SMILES string of the molecule is CC1CCCN1C(=O)c1cc(F)c(Cl)c(S(=O)(=O)Cl)c1Cl. The van der Waals surface area contributed by atoms with Gasteiger partial charge in [-0.25, -0.2) is 12.8 Å². The minimum Gasteiger partial charge on any atom is -0.336 e. The normalized spacial score (nSPS) is 19.1. The summed E-state index contributed by atoms with van der Waals surface area (Å²) in [7, 11) is 0.836. The molecule has 1 aliphatic heterocycles. The lowest BCUT2D eigenvalue weighted by molar-refractivity contribution is 0.0747. The van der Waals surface area contributed by atoms with E-state index in [0.29, 0.717) is 6.54 Å². The quantitative estimate of drug-likeness (QED) is 0.586. The van der Waals surface area contributed by atoms with Gasteiger partial charge < -0.3 is 4.90 Å². The maximum Gasteiger partial charge on any atom is 0.264 e. The third kappa shape index (κ3) is 3.13. The Balaban J connectivity index is 2.61. The standard InChI is InChI=1S/C12H11Cl3FNO3S/c1-6-3-2-4-17(6)12(18)7-5-8(16)10(14)11(9(7)13)21(15,19)20/h5-6H,2-4H2,1H3. The number of likely N-dealkylation sites (tertiary alicyclic amines) is 1. The molecule has 21 heavy (non-hydrogen) atoms. The van der Waals surface area contributed by atoms with E-state index in [9.17, 15) is 17.6 Å². The summed E-state index contributed by atoms with van der Waals surface area (Å²) in [5.41, 5.74) is -0.258. The molecule has 0 aromatic heterocycles. The molecule has 0 N–H and O–H groups in total. The molecule has 1 aliphatic rings. The van der Waals surface area contributed by atoms with Crippen molar-refractivity contribution in [3.05, 3.63) is 27.5 Å². The first kappa shape index (κ1) is 16.8. The smallest absolute Gasteiger partial charge is 0.264 e. The number of amides is 1. The molecule has 0 spiro atoms. The average Bonchev–Trinajstić information content (AvgIpc) is 2.78. The van der Waals surface area contributed by atoms with Gasteiger partial charge in [-0.2, -0.15) is 0 Å². The van der Waals surface area contributed by atoms with Crippen LogP contribution in [0.2, 0.25) is 10.0 Å². The van der Waals surface area contributed by atoms with Crippen LogP contribution in [0.4, 0.5) is 4.39 Å². The zero-order valence-corrected chi connectivity index (χ0v) is 14.0. The van der Waals surface area contributed by atoms with Gasteiger partial charge in [-0.3, -0.25) is 4.79 Å². The first-order chi connectivity index (χ1) is 9.64. The summed E-state index contributed by atoms with van der Waals surface area (Å²) >= 11 is 11.5. The fourth-order valence-corrected chi connectivity index (χ4v) is 4.71. The average molecular weight is 375 g/mol. The number of nitrogens with zero attached hydrogens (tertiary/aromatic N) is 1. The molecular formula is C12H11Cl3FNO3S. The van der Waals surface area contributed by atoms with Gasteiger partial charge in [0.2, 0.25) is 0 Å². The number of carbonyl (C=O) groups excluding carboxylic acids is 1. The van der Waals surface area contributed by atoms with Crippen LogP contribution in [0.15, 0.2) is 11.0 Å². The molecule has 2 rings (SSSR count). The van der Waals surface area contributed by atoms with E-state index in [0.717, 1.165) is 18.9 Å². The van der Waals surface area contributed by atoms with Gasteiger partial charge in [0.05, 0.1) is 15.6 Å². The Morgan fingerprint density at radius 3 is 2.48 bits per heavy atom. The van der Waals surface area contributed by atoms with Crippen molar-refractivity contribution in [1.29, 1.82) is 0 Å². The van der Waals surface area contributed by atoms with E-state index in [1.807, 2.05) is 6.92 Å². The molecule has 0 bridgehead atoms. The van der Waals surface area contributed by atoms with E-state index in [-0.39, 0.29) is 11.6 Å². The Labute approximate surface area is 136 Å². The van der Waals surface area contributed by atoms with Crippen LogP contribution in [-0.2, 0) is 9.05 Å². The molecule has 1 unspecified atom stereocenters. The van der Waals surface area contributed by atoms with Gasteiger partial charge in [0, 0.05) is 23.3 Å². The van der Waals surface area contributed by atoms with Crippen molar-refractivity contribution in [2.24, 2.45) is 0 Å². The fourth-order valence-electron chi connectivity index (χ4n) is 2.34. The van der Waals surface area contributed by atoms with Crippen molar-refractivity contribution in [3.63, 3.8) is 0 Å².